The van der Waals surface area contributed by atoms with Crippen molar-refractivity contribution < 1.29 is 4.79 Å². The zero-order valence-electron chi connectivity index (χ0n) is 15.8. The minimum absolute atomic E-state index is 0.0374. The van der Waals surface area contributed by atoms with Crippen LogP contribution in [0.15, 0.2) is 53.3 Å². The van der Waals surface area contributed by atoms with Gasteiger partial charge >= 0.3 is 0 Å². The third-order valence-corrected chi connectivity index (χ3v) is 6.00. The van der Waals surface area contributed by atoms with Crippen molar-refractivity contribution in [2.45, 2.75) is 25.9 Å². The lowest BCUT2D eigenvalue weighted by Gasteiger charge is -2.27. The van der Waals surface area contributed by atoms with Gasteiger partial charge in [-0.1, -0.05) is 30.3 Å². The van der Waals surface area contributed by atoms with E-state index in [0.29, 0.717) is 28.8 Å². The summed E-state index contributed by atoms with van der Waals surface area (Å²) in [4.78, 5) is 34.1. The molecule has 0 spiro atoms. The first-order valence-electron chi connectivity index (χ1n) is 9.70. The first-order chi connectivity index (χ1) is 14.1. The number of aromatic amines is 2. The topological polar surface area (TPSA) is 73.9 Å². The monoisotopic (exact) mass is 404 g/mol. The predicted molar refractivity (Wildman–Crippen MR) is 115 cm³/mol. The number of hydrogen-bond donors (Lipinski definition) is 2. The Bertz CT molecular complexity index is 1360. The molecule has 0 saturated carbocycles. The maximum absolute atomic E-state index is 12.9. The van der Waals surface area contributed by atoms with Gasteiger partial charge in [0.25, 0.3) is 5.56 Å². The number of nitrogens with one attached hydrogen (secondary N) is 2. The van der Waals surface area contributed by atoms with E-state index in [2.05, 4.69) is 22.1 Å². The number of benzene rings is 2. The maximum atomic E-state index is 12.9. The lowest BCUT2D eigenvalue weighted by Crippen LogP contribution is -2.36. The lowest BCUT2D eigenvalue weighted by atomic mass is 10.0. The van der Waals surface area contributed by atoms with Gasteiger partial charge in [0.05, 0.1) is 10.9 Å². The Morgan fingerprint density at radius 3 is 2.48 bits per heavy atom. The second kappa shape index (κ2) is 7.00. The summed E-state index contributed by atoms with van der Waals surface area (Å²) in [7, 11) is 0. The number of para-hydroxylation sites is 2. The molecular formula is C22H20N4O2S. The SMILES string of the molecule is O=C(CCn1c(=S)[nH]c2ccccc2c1=O)N1CCc2[nH]c3ccccc3c2C1. The van der Waals surface area contributed by atoms with Gasteiger partial charge in [0, 0.05) is 54.6 Å². The molecule has 146 valence electrons. The summed E-state index contributed by atoms with van der Waals surface area (Å²) in [6.45, 7) is 1.55. The average molecular weight is 404 g/mol. The number of amides is 1. The van der Waals surface area contributed by atoms with E-state index in [0.717, 1.165) is 11.9 Å². The van der Waals surface area contributed by atoms with E-state index in [9.17, 15) is 9.59 Å². The highest BCUT2D eigenvalue weighted by Crippen LogP contribution is 2.27. The molecule has 0 aliphatic carbocycles. The second-order valence-electron chi connectivity index (χ2n) is 7.38. The molecule has 0 bridgehead atoms. The third kappa shape index (κ3) is 3.07. The van der Waals surface area contributed by atoms with Gasteiger partial charge in [-0.2, -0.15) is 0 Å². The van der Waals surface area contributed by atoms with Crippen molar-refractivity contribution in [3.8, 4) is 0 Å². The van der Waals surface area contributed by atoms with E-state index in [1.807, 2.05) is 35.2 Å². The van der Waals surface area contributed by atoms with Gasteiger partial charge in [0.15, 0.2) is 4.77 Å². The fourth-order valence-corrected chi connectivity index (χ4v) is 4.43. The molecule has 7 heteroatoms. The van der Waals surface area contributed by atoms with Gasteiger partial charge in [-0.25, -0.2) is 0 Å². The van der Waals surface area contributed by atoms with Crippen molar-refractivity contribution in [3.05, 3.63) is 74.9 Å². The summed E-state index contributed by atoms with van der Waals surface area (Å²) < 4.78 is 1.83. The molecule has 1 aliphatic rings. The van der Waals surface area contributed by atoms with Crippen LogP contribution in [0.4, 0.5) is 0 Å². The van der Waals surface area contributed by atoms with Crippen molar-refractivity contribution in [3.63, 3.8) is 0 Å². The van der Waals surface area contributed by atoms with Crippen LogP contribution in [0.5, 0.6) is 0 Å². The number of carbonyl (C=O) groups excluding carboxylic acids is 1. The van der Waals surface area contributed by atoms with Crippen LogP contribution in [-0.2, 0) is 24.3 Å². The van der Waals surface area contributed by atoms with Crippen LogP contribution in [0.2, 0.25) is 0 Å². The quantitative estimate of drug-likeness (QED) is 0.513. The highest BCUT2D eigenvalue weighted by molar-refractivity contribution is 7.71. The molecule has 5 rings (SSSR count). The van der Waals surface area contributed by atoms with Crippen LogP contribution in [0, 0.1) is 4.77 Å². The molecule has 0 unspecified atom stereocenters. The molecule has 0 saturated heterocycles. The van der Waals surface area contributed by atoms with E-state index < -0.39 is 0 Å². The van der Waals surface area contributed by atoms with Gasteiger partial charge in [0.1, 0.15) is 0 Å². The van der Waals surface area contributed by atoms with E-state index in [-0.39, 0.29) is 24.4 Å². The van der Waals surface area contributed by atoms with Crippen LogP contribution in [-0.4, -0.2) is 31.9 Å². The molecule has 0 atom stereocenters. The van der Waals surface area contributed by atoms with Crippen molar-refractivity contribution in [1.29, 1.82) is 0 Å². The molecule has 2 aromatic carbocycles. The normalized spacial score (nSPS) is 13.7. The zero-order valence-corrected chi connectivity index (χ0v) is 16.6. The predicted octanol–water partition coefficient (Wildman–Crippen LogP) is 3.52. The van der Waals surface area contributed by atoms with Crippen molar-refractivity contribution in [2.24, 2.45) is 0 Å². The number of rotatable bonds is 3. The van der Waals surface area contributed by atoms with Crippen molar-refractivity contribution in [1.82, 2.24) is 19.4 Å². The first kappa shape index (κ1) is 17.9. The number of fused-ring (bicyclic) bond motifs is 4. The number of H-pyrrole nitrogens is 2. The first-order valence-corrected chi connectivity index (χ1v) is 10.1. The summed E-state index contributed by atoms with van der Waals surface area (Å²) in [5, 5.41) is 1.75. The van der Waals surface area contributed by atoms with Crippen LogP contribution >= 0.6 is 12.2 Å². The Morgan fingerprint density at radius 1 is 1.00 bits per heavy atom. The molecule has 6 nitrogen and oxygen atoms in total. The fourth-order valence-electron chi connectivity index (χ4n) is 4.15. The molecule has 2 aromatic heterocycles. The van der Waals surface area contributed by atoms with Crippen LogP contribution < -0.4 is 5.56 Å². The Morgan fingerprint density at radius 2 is 1.69 bits per heavy atom. The smallest absolute Gasteiger partial charge is 0.262 e. The highest BCUT2D eigenvalue weighted by Gasteiger charge is 2.23. The Hall–Kier alpha value is -3.19. The lowest BCUT2D eigenvalue weighted by molar-refractivity contribution is -0.132. The van der Waals surface area contributed by atoms with E-state index in [1.165, 1.54) is 21.2 Å². The summed E-state index contributed by atoms with van der Waals surface area (Å²) in [5.41, 5.74) is 4.08. The maximum Gasteiger partial charge on any atom is 0.262 e. The highest BCUT2D eigenvalue weighted by atomic mass is 32.1. The summed E-state index contributed by atoms with van der Waals surface area (Å²) in [6, 6.07) is 15.5. The number of carbonyl (C=O) groups is 1. The van der Waals surface area contributed by atoms with Gasteiger partial charge in [0.2, 0.25) is 5.91 Å². The van der Waals surface area contributed by atoms with E-state index in [1.54, 1.807) is 6.07 Å². The number of aromatic nitrogens is 3. The van der Waals surface area contributed by atoms with E-state index in [4.69, 9.17) is 12.2 Å². The van der Waals surface area contributed by atoms with Gasteiger partial charge in [-0.3, -0.25) is 14.2 Å². The molecule has 4 aromatic rings. The molecule has 2 N–H and O–H groups in total. The Balaban J connectivity index is 1.36. The molecule has 29 heavy (non-hydrogen) atoms. The van der Waals surface area contributed by atoms with Crippen LogP contribution in [0.1, 0.15) is 17.7 Å². The van der Waals surface area contributed by atoms with Crippen molar-refractivity contribution in [2.75, 3.05) is 6.54 Å². The molecule has 3 heterocycles. The molecule has 1 aliphatic heterocycles. The van der Waals surface area contributed by atoms with Crippen molar-refractivity contribution >= 4 is 39.9 Å². The fraction of sp³-hybridized carbons (Fsp3) is 0.227. The van der Waals surface area contributed by atoms with Crippen LogP contribution in [0.25, 0.3) is 21.8 Å². The molecule has 0 fully saturated rings. The Kier molecular flexibility index (Phi) is 4.32. The summed E-state index contributed by atoms with van der Waals surface area (Å²) in [6.07, 6.45) is 1.05. The molecule has 1 amide bonds. The Labute approximate surface area is 171 Å². The second-order valence-corrected chi connectivity index (χ2v) is 7.76. The average Bonchev–Trinajstić information content (AvgIpc) is 3.11. The molecular weight excluding hydrogens is 384 g/mol. The third-order valence-electron chi connectivity index (χ3n) is 5.67. The number of hydrogen-bond acceptors (Lipinski definition) is 3. The largest absolute Gasteiger partial charge is 0.358 e. The molecule has 0 radical (unpaired) electrons. The zero-order chi connectivity index (χ0) is 20.0. The van der Waals surface area contributed by atoms with Gasteiger partial charge in [-0.05, 0) is 30.4 Å². The van der Waals surface area contributed by atoms with Crippen LogP contribution in [0.3, 0.4) is 0 Å². The van der Waals surface area contributed by atoms with E-state index >= 15 is 0 Å². The number of nitrogens with zero attached hydrogens (tertiary/aromatic N) is 2. The minimum atomic E-state index is -0.158. The standard InChI is InChI=1S/C22H20N4O2S/c27-20(10-12-26-21(28)15-6-2-4-8-18(15)24-22(26)29)25-11-9-19-16(13-25)14-5-1-3-7-17(14)23-19/h1-8,23H,9-13H2,(H,24,29). The summed E-state index contributed by atoms with van der Waals surface area (Å²) in [5.74, 6) is 0.0374. The summed E-state index contributed by atoms with van der Waals surface area (Å²) >= 11 is 5.35. The minimum Gasteiger partial charge on any atom is -0.358 e. The van der Waals surface area contributed by atoms with Gasteiger partial charge in [-0.15, -0.1) is 0 Å². The van der Waals surface area contributed by atoms with Gasteiger partial charge < -0.3 is 14.9 Å².